The Balaban J connectivity index is 1.84. The van der Waals surface area contributed by atoms with Gasteiger partial charge < -0.3 is 20.7 Å². The number of nitrogen functional groups attached to an aromatic ring is 1. The third kappa shape index (κ3) is 4.70. The molecule has 1 saturated heterocycles. The van der Waals surface area contributed by atoms with Crippen molar-refractivity contribution in [2.75, 3.05) is 30.3 Å². The van der Waals surface area contributed by atoms with Crippen molar-refractivity contribution < 1.29 is 9.53 Å². The van der Waals surface area contributed by atoms with Gasteiger partial charge in [-0.3, -0.25) is 0 Å². The summed E-state index contributed by atoms with van der Waals surface area (Å²) >= 11 is 6.25. The number of alkyl carbamates (subject to hydrolysis) is 1. The summed E-state index contributed by atoms with van der Waals surface area (Å²) < 4.78 is 5.24. The van der Waals surface area contributed by atoms with Crippen molar-refractivity contribution in [1.29, 1.82) is 0 Å². The third-order valence-corrected chi connectivity index (χ3v) is 3.83. The van der Waals surface area contributed by atoms with Crippen LogP contribution in [-0.4, -0.2) is 31.3 Å². The van der Waals surface area contributed by atoms with Gasteiger partial charge in [0.1, 0.15) is 5.60 Å². The van der Waals surface area contributed by atoms with Crippen molar-refractivity contribution in [3.8, 4) is 0 Å². The standard InChI is InChI=1S/C16H24ClN3O2/c1-16(2,3)22-15(21)19-9-11-6-7-20(10-11)14-5-4-12(18)8-13(14)17/h4-5,8,11H,6-7,9-10,18H2,1-3H3,(H,19,21). The van der Waals surface area contributed by atoms with Crippen LogP contribution in [0.1, 0.15) is 27.2 Å². The normalized spacial score (nSPS) is 18.4. The van der Waals surface area contributed by atoms with E-state index in [1.807, 2.05) is 32.9 Å². The van der Waals surface area contributed by atoms with E-state index in [4.69, 9.17) is 22.1 Å². The third-order valence-electron chi connectivity index (χ3n) is 3.53. The van der Waals surface area contributed by atoms with Crippen molar-refractivity contribution in [3.63, 3.8) is 0 Å². The van der Waals surface area contributed by atoms with Crippen LogP contribution in [0.4, 0.5) is 16.2 Å². The molecule has 1 unspecified atom stereocenters. The van der Waals surface area contributed by atoms with Crippen LogP contribution in [0.2, 0.25) is 5.02 Å². The van der Waals surface area contributed by atoms with Gasteiger partial charge in [-0.1, -0.05) is 11.6 Å². The van der Waals surface area contributed by atoms with E-state index in [1.165, 1.54) is 0 Å². The number of rotatable bonds is 3. The fourth-order valence-electron chi connectivity index (χ4n) is 2.54. The van der Waals surface area contributed by atoms with Gasteiger partial charge in [0.25, 0.3) is 0 Å². The van der Waals surface area contributed by atoms with E-state index in [9.17, 15) is 4.79 Å². The number of halogens is 1. The van der Waals surface area contributed by atoms with E-state index in [0.717, 1.165) is 25.2 Å². The van der Waals surface area contributed by atoms with Crippen LogP contribution in [0.25, 0.3) is 0 Å². The molecule has 2 rings (SSSR count). The largest absolute Gasteiger partial charge is 0.444 e. The Kier molecular flexibility index (Phi) is 5.06. The highest BCUT2D eigenvalue weighted by molar-refractivity contribution is 6.33. The van der Waals surface area contributed by atoms with Crippen LogP contribution in [0.15, 0.2) is 18.2 Å². The van der Waals surface area contributed by atoms with E-state index in [0.29, 0.717) is 23.2 Å². The van der Waals surface area contributed by atoms with Gasteiger partial charge in [-0.25, -0.2) is 4.79 Å². The number of hydrogen-bond donors (Lipinski definition) is 2. The van der Waals surface area contributed by atoms with Crippen LogP contribution < -0.4 is 16.0 Å². The first kappa shape index (κ1) is 16.7. The van der Waals surface area contributed by atoms with Crippen molar-refractivity contribution in [2.24, 2.45) is 5.92 Å². The number of nitrogens with two attached hydrogens (primary N) is 1. The lowest BCUT2D eigenvalue weighted by Crippen LogP contribution is -2.36. The number of carbonyl (C=O) groups is 1. The molecule has 0 bridgehead atoms. The molecule has 0 aliphatic carbocycles. The number of carbonyl (C=O) groups excluding carboxylic acids is 1. The van der Waals surface area contributed by atoms with Gasteiger partial charge in [-0.2, -0.15) is 0 Å². The van der Waals surface area contributed by atoms with Crippen LogP contribution >= 0.6 is 11.6 Å². The van der Waals surface area contributed by atoms with Gasteiger partial charge >= 0.3 is 6.09 Å². The molecule has 22 heavy (non-hydrogen) atoms. The van der Waals surface area contributed by atoms with E-state index < -0.39 is 5.60 Å². The molecular weight excluding hydrogens is 302 g/mol. The number of benzene rings is 1. The summed E-state index contributed by atoms with van der Waals surface area (Å²) in [5, 5.41) is 3.50. The molecule has 0 aromatic heterocycles. The van der Waals surface area contributed by atoms with E-state index >= 15 is 0 Å². The monoisotopic (exact) mass is 325 g/mol. The maximum absolute atomic E-state index is 11.7. The Hall–Kier alpha value is -1.62. The minimum Gasteiger partial charge on any atom is -0.444 e. The Morgan fingerprint density at radius 3 is 2.86 bits per heavy atom. The fraction of sp³-hybridized carbons (Fsp3) is 0.562. The maximum atomic E-state index is 11.7. The highest BCUT2D eigenvalue weighted by atomic mass is 35.5. The first-order valence-corrected chi connectivity index (χ1v) is 7.89. The first-order valence-electron chi connectivity index (χ1n) is 7.51. The lowest BCUT2D eigenvalue weighted by molar-refractivity contribution is 0.0520. The molecule has 122 valence electrons. The molecule has 0 radical (unpaired) electrons. The summed E-state index contributed by atoms with van der Waals surface area (Å²) in [4.78, 5) is 13.9. The van der Waals surface area contributed by atoms with Gasteiger partial charge in [0.15, 0.2) is 0 Å². The van der Waals surface area contributed by atoms with Crippen molar-refractivity contribution in [3.05, 3.63) is 23.2 Å². The maximum Gasteiger partial charge on any atom is 0.407 e. The zero-order valence-electron chi connectivity index (χ0n) is 13.4. The Bertz CT molecular complexity index is 543. The zero-order chi connectivity index (χ0) is 16.3. The molecule has 1 heterocycles. The number of nitrogens with zero attached hydrogens (tertiary/aromatic N) is 1. The number of hydrogen-bond acceptors (Lipinski definition) is 4. The second-order valence-corrected chi connectivity index (χ2v) is 7.10. The summed E-state index contributed by atoms with van der Waals surface area (Å²) in [6.07, 6.45) is 0.646. The molecule has 0 spiro atoms. The minimum atomic E-state index is -0.469. The number of anilines is 2. The van der Waals surface area contributed by atoms with Crippen LogP contribution in [0.5, 0.6) is 0 Å². The van der Waals surface area contributed by atoms with Crippen LogP contribution in [0, 0.1) is 5.92 Å². The predicted octanol–water partition coefficient (Wildman–Crippen LogP) is 3.27. The topological polar surface area (TPSA) is 67.6 Å². The van der Waals surface area contributed by atoms with Crippen molar-refractivity contribution in [1.82, 2.24) is 5.32 Å². The smallest absolute Gasteiger partial charge is 0.407 e. The Labute approximate surface area is 136 Å². The van der Waals surface area contributed by atoms with E-state index in [-0.39, 0.29) is 6.09 Å². The molecule has 1 fully saturated rings. The van der Waals surface area contributed by atoms with Gasteiger partial charge in [0.2, 0.25) is 0 Å². The molecular formula is C16H24ClN3O2. The number of amides is 1. The summed E-state index contributed by atoms with van der Waals surface area (Å²) in [7, 11) is 0. The molecule has 3 N–H and O–H groups in total. The van der Waals surface area contributed by atoms with Gasteiger partial charge in [-0.15, -0.1) is 0 Å². The zero-order valence-corrected chi connectivity index (χ0v) is 14.1. The van der Waals surface area contributed by atoms with Crippen molar-refractivity contribution in [2.45, 2.75) is 32.8 Å². The first-order chi connectivity index (χ1) is 10.2. The molecule has 1 aromatic carbocycles. The molecule has 6 heteroatoms. The average molecular weight is 326 g/mol. The van der Waals surface area contributed by atoms with Crippen molar-refractivity contribution >= 4 is 29.1 Å². The quantitative estimate of drug-likeness (QED) is 0.837. The summed E-state index contributed by atoms with van der Waals surface area (Å²) in [6, 6.07) is 5.57. The number of nitrogens with one attached hydrogen (secondary N) is 1. The Morgan fingerprint density at radius 2 is 2.23 bits per heavy atom. The molecule has 1 aromatic rings. The van der Waals surface area contributed by atoms with Gasteiger partial charge in [0, 0.05) is 25.3 Å². The fourth-order valence-corrected chi connectivity index (χ4v) is 2.85. The molecule has 1 atom stereocenters. The highest BCUT2D eigenvalue weighted by Crippen LogP contribution is 2.31. The number of ether oxygens (including phenoxy) is 1. The lowest BCUT2D eigenvalue weighted by Gasteiger charge is -2.22. The minimum absolute atomic E-state index is 0.364. The van der Waals surface area contributed by atoms with Gasteiger partial charge in [0.05, 0.1) is 10.7 Å². The predicted molar refractivity (Wildman–Crippen MR) is 90.4 cm³/mol. The summed E-state index contributed by atoms with van der Waals surface area (Å²) in [5.41, 5.74) is 6.91. The summed E-state index contributed by atoms with van der Waals surface area (Å²) in [6.45, 7) is 7.95. The molecule has 1 aliphatic heterocycles. The average Bonchev–Trinajstić information content (AvgIpc) is 2.83. The van der Waals surface area contributed by atoms with E-state index in [1.54, 1.807) is 6.07 Å². The molecule has 1 aliphatic rings. The second-order valence-electron chi connectivity index (χ2n) is 6.69. The summed E-state index contributed by atoms with van der Waals surface area (Å²) in [5.74, 6) is 0.390. The van der Waals surface area contributed by atoms with Gasteiger partial charge in [-0.05, 0) is 51.3 Å². The van der Waals surface area contributed by atoms with Crippen LogP contribution in [0.3, 0.4) is 0 Å². The highest BCUT2D eigenvalue weighted by Gasteiger charge is 2.25. The Morgan fingerprint density at radius 1 is 1.50 bits per heavy atom. The van der Waals surface area contributed by atoms with Crippen LogP contribution in [-0.2, 0) is 4.74 Å². The van der Waals surface area contributed by atoms with E-state index in [2.05, 4.69) is 10.2 Å². The lowest BCUT2D eigenvalue weighted by atomic mass is 10.1. The molecule has 1 amide bonds. The molecule has 5 nitrogen and oxygen atoms in total. The SMILES string of the molecule is CC(C)(C)OC(=O)NCC1CCN(c2ccc(N)cc2Cl)C1. The molecule has 0 saturated carbocycles. The second kappa shape index (κ2) is 6.65.